The first-order valence-corrected chi connectivity index (χ1v) is 6.16. The standard InChI is InChI=1S/C13H17N3O3/c14-10-3-1-2-4-11(10)15-12(17)5-6-16-7-8-19-9-13(16)18/h1-4H,5-9,14H2,(H,15,17). The van der Waals surface area contributed by atoms with Gasteiger partial charge in [-0.2, -0.15) is 0 Å². The molecule has 19 heavy (non-hydrogen) atoms. The van der Waals surface area contributed by atoms with Gasteiger partial charge in [-0.15, -0.1) is 0 Å². The zero-order chi connectivity index (χ0) is 13.7. The number of carbonyl (C=O) groups excluding carboxylic acids is 2. The number of nitrogens with one attached hydrogen (secondary N) is 1. The summed E-state index contributed by atoms with van der Waals surface area (Å²) in [6.45, 7) is 1.58. The molecule has 2 amide bonds. The lowest BCUT2D eigenvalue weighted by molar-refractivity contribution is -0.142. The molecule has 2 rings (SSSR count). The maximum atomic E-state index is 11.8. The molecule has 1 aromatic rings. The van der Waals surface area contributed by atoms with Gasteiger partial charge >= 0.3 is 0 Å². The Labute approximate surface area is 111 Å². The van der Waals surface area contributed by atoms with Gasteiger partial charge in [-0.3, -0.25) is 9.59 Å². The normalized spacial score (nSPS) is 15.4. The van der Waals surface area contributed by atoms with Crippen LogP contribution in [-0.4, -0.2) is 43.0 Å². The van der Waals surface area contributed by atoms with Crippen molar-refractivity contribution in [3.63, 3.8) is 0 Å². The number of ether oxygens (including phenoxy) is 1. The summed E-state index contributed by atoms with van der Waals surface area (Å²) in [5, 5.41) is 2.73. The second-order valence-electron chi connectivity index (χ2n) is 4.32. The minimum absolute atomic E-state index is 0.0710. The van der Waals surface area contributed by atoms with Crippen molar-refractivity contribution < 1.29 is 14.3 Å². The van der Waals surface area contributed by atoms with Crippen LogP contribution in [0.25, 0.3) is 0 Å². The molecular weight excluding hydrogens is 246 g/mol. The SMILES string of the molecule is Nc1ccccc1NC(=O)CCN1CCOCC1=O. The van der Waals surface area contributed by atoms with E-state index in [0.29, 0.717) is 31.1 Å². The highest BCUT2D eigenvalue weighted by atomic mass is 16.5. The van der Waals surface area contributed by atoms with Gasteiger partial charge in [0.15, 0.2) is 0 Å². The van der Waals surface area contributed by atoms with Crippen LogP contribution in [0.5, 0.6) is 0 Å². The van der Waals surface area contributed by atoms with Crippen molar-refractivity contribution in [1.29, 1.82) is 0 Å². The number of nitrogen functional groups attached to an aromatic ring is 1. The van der Waals surface area contributed by atoms with E-state index in [4.69, 9.17) is 10.5 Å². The minimum atomic E-state index is -0.155. The molecular formula is C13H17N3O3. The lowest BCUT2D eigenvalue weighted by Crippen LogP contribution is -2.42. The number of amides is 2. The molecule has 0 aromatic heterocycles. The van der Waals surface area contributed by atoms with E-state index in [9.17, 15) is 9.59 Å². The third-order valence-corrected chi connectivity index (χ3v) is 2.93. The van der Waals surface area contributed by atoms with Crippen LogP contribution in [0.2, 0.25) is 0 Å². The Kier molecular flexibility index (Phi) is 4.35. The molecule has 0 saturated carbocycles. The summed E-state index contributed by atoms with van der Waals surface area (Å²) >= 11 is 0. The van der Waals surface area contributed by atoms with Gasteiger partial charge in [-0.05, 0) is 12.1 Å². The number of carbonyl (C=O) groups is 2. The molecule has 3 N–H and O–H groups in total. The van der Waals surface area contributed by atoms with Crippen LogP contribution >= 0.6 is 0 Å². The summed E-state index contributed by atoms with van der Waals surface area (Å²) in [5.74, 6) is -0.226. The smallest absolute Gasteiger partial charge is 0.248 e. The Bertz CT molecular complexity index is 476. The Balaban J connectivity index is 1.81. The van der Waals surface area contributed by atoms with E-state index < -0.39 is 0 Å². The maximum absolute atomic E-state index is 11.8. The number of hydrogen-bond acceptors (Lipinski definition) is 4. The summed E-state index contributed by atoms with van der Waals surface area (Å²) in [7, 11) is 0. The van der Waals surface area contributed by atoms with E-state index in [1.165, 1.54) is 0 Å². The number of nitrogens with two attached hydrogens (primary N) is 1. The Morgan fingerprint density at radius 1 is 1.42 bits per heavy atom. The van der Waals surface area contributed by atoms with Gasteiger partial charge in [0.25, 0.3) is 0 Å². The van der Waals surface area contributed by atoms with Crippen molar-refractivity contribution in [3.8, 4) is 0 Å². The Morgan fingerprint density at radius 2 is 2.21 bits per heavy atom. The second-order valence-corrected chi connectivity index (χ2v) is 4.32. The highest BCUT2D eigenvalue weighted by Gasteiger charge is 2.19. The minimum Gasteiger partial charge on any atom is -0.397 e. The number of morpholine rings is 1. The number of hydrogen-bond donors (Lipinski definition) is 2. The fourth-order valence-corrected chi connectivity index (χ4v) is 1.85. The third-order valence-electron chi connectivity index (χ3n) is 2.93. The zero-order valence-corrected chi connectivity index (χ0v) is 10.6. The molecule has 6 heteroatoms. The van der Waals surface area contributed by atoms with Gasteiger partial charge in [0.2, 0.25) is 11.8 Å². The van der Waals surface area contributed by atoms with Gasteiger partial charge in [0.05, 0.1) is 18.0 Å². The number of nitrogens with zero attached hydrogens (tertiary/aromatic N) is 1. The summed E-state index contributed by atoms with van der Waals surface area (Å²) in [5.41, 5.74) is 6.86. The van der Waals surface area contributed by atoms with Crippen molar-refractivity contribution in [2.45, 2.75) is 6.42 Å². The van der Waals surface area contributed by atoms with Crippen LogP contribution in [-0.2, 0) is 14.3 Å². The number of benzene rings is 1. The van der Waals surface area contributed by atoms with Crippen LogP contribution in [0.1, 0.15) is 6.42 Å². The average Bonchev–Trinajstić information content (AvgIpc) is 2.40. The molecule has 1 aliphatic heterocycles. The predicted octanol–water partition coefficient (Wildman–Crippen LogP) is 0.456. The molecule has 0 aliphatic carbocycles. The summed E-state index contributed by atoms with van der Waals surface area (Å²) < 4.78 is 5.02. The highest BCUT2D eigenvalue weighted by molar-refractivity contribution is 5.94. The number of rotatable bonds is 4. The summed E-state index contributed by atoms with van der Waals surface area (Å²) in [4.78, 5) is 24.9. The van der Waals surface area contributed by atoms with E-state index >= 15 is 0 Å². The van der Waals surface area contributed by atoms with Crippen molar-refractivity contribution >= 4 is 23.2 Å². The fraction of sp³-hybridized carbons (Fsp3) is 0.385. The molecule has 0 bridgehead atoms. The molecule has 1 saturated heterocycles. The van der Waals surface area contributed by atoms with Crippen LogP contribution in [0.3, 0.4) is 0 Å². The maximum Gasteiger partial charge on any atom is 0.248 e. The van der Waals surface area contributed by atoms with E-state index in [-0.39, 0.29) is 24.8 Å². The molecule has 0 spiro atoms. The lowest BCUT2D eigenvalue weighted by atomic mass is 10.2. The van der Waals surface area contributed by atoms with Crippen LogP contribution in [0, 0.1) is 0 Å². The second kappa shape index (κ2) is 6.19. The molecule has 1 aromatic carbocycles. The van der Waals surface area contributed by atoms with Crippen molar-refractivity contribution in [2.24, 2.45) is 0 Å². The first-order chi connectivity index (χ1) is 9.16. The molecule has 0 unspecified atom stereocenters. The van der Waals surface area contributed by atoms with Gasteiger partial charge in [-0.1, -0.05) is 12.1 Å². The third kappa shape index (κ3) is 3.69. The zero-order valence-electron chi connectivity index (χ0n) is 10.6. The van der Waals surface area contributed by atoms with Crippen molar-refractivity contribution in [2.75, 3.05) is 37.4 Å². The van der Waals surface area contributed by atoms with E-state index in [1.54, 1.807) is 29.2 Å². The highest BCUT2D eigenvalue weighted by Crippen LogP contribution is 2.16. The van der Waals surface area contributed by atoms with E-state index in [0.717, 1.165) is 0 Å². The summed E-state index contributed by atoms with van der Waals surface area (Å²) in [6, 6.07) is 7.07. The van der Waals surface area contributed by atoms with E-state index in [2.05, 4.69) is 5.32 Å². The van der Waals surface area contributed by atoms with Crippen molar-refractivity contribution in [1.82, 2.24) is 4.90 Å². The van der Waals surface area contributed by atoms with Crippen LogP contribution < -0.4 is 11.1 Å². The Hall–Kier alpha value is -2.08. The van der Waals surface area contributed by atoms with Gasteiger partial charge in [0.1, 0.15) is 6.61 Å². The van der Waals surface area contributed by atoms with Crippen molar-refractivity contribution in [3.05, 3.63) is 24.3 Å². The number of para-hydroxylation sites is 2. The lowest BCUT2D eigenvalue weighted by Gasteiger charge is -2.26. The first kappa shape index (κ1) is 13.4. The molecule has 1 fully saturated rings. The topological polar surface area (TPSA) is 84.7 Å². The van der Waals surface area contributed by atoms with Gasteiger partial charge < -0.3 is 20.7 Å². The monoisotopic (exact) mass is 263 g/mol. The van der Waals surface area contributed by atoms with E-state index in [1.807, 2.05) is 0 Å². The molecule has 1 heterocycles. The average molecular weight is 263 g/mol. The van der Waals surface area contributed by atoms with Gasteiger partial charge in [0, 0.05) is 19.5 Å². The molecule has 1 aliphatic rings. The quantitative estimate of drug-likeness (QED) is 0.773. The molecule has 6 nitrogen and oxygen atoms in total. The Morgan fingerprint density at radius 3 is 2.95 bits per heavy atom. The first-order valence-electron chi connectivity index (χ1n) is 6.16. The molecule has 0 radical (unpaired) electrons. The summed E-state index contributed by atoms with van der Waals surface area (Å²) in [6.07, 6.45) is 0.250. The van der Waals surface area contributed by atoms with Crippen LogP contribution in [0.15, 0.2) is 24.3 Å². The molecule has 0 atom stereocenters. The predicted molar refractivity (Wildman–Crippen MR) is 71.5 cm³/mol. The fourth-order valence-electron chi connectivity index (χ4n) is 1.85. The van der Waals surface area contributed by atoms with Gasteiger partial charge in [-0.25, -0.2) is 0 Å². The number of anilines is 2. The largest absolute Gasteiger partial charge is 0.397 e. The molecule has 102 valence electrons. The van der Waals surface area contributed by atoms with Crippen LogP contribution in [0.4, 0.5) is 11.4 Å².